The van der Waals surface area contributed by atoms with Gasteiger partial charge in [0.1, 0.15) is 9.84 Å². The van der Waals surface area contributed by atoms with E-state index in [-0.39, 0.29) is 11.2 Å². The van der Waals surface area contributed by atoms with E-state index in [2.05, 4.69) is 36.4 Å². The molecule has 0 spiro atoms. The number of hydrogen-bond acceptors (Lipinski definition) is 3. The summed E-state index contributed by atoms with van der Waals surface area (Å²) >= 11 is 0. The zero-order valence-electron chi connectivity index (χ0n) is 16.5. The van der Waals surface area contributed by atoms with Crippen molar-refractivity contribution in [1.29, 1.82) is 0 Å². The number of nitrogens with zero attached hydrogens (tertiary/aromatic N) is 1. The molecule has 0 saturated heterocycles. The highest BCUT2D eigenvalue weighted by Gasteiger charge is 2.20. The molecule has 0 heterocycles. The molecule has 5 nitrogen and oxygen atoms in total. The van der Waals surface area contributed by atoms with Gasteiger partial charge in [-0.05, 0) is 18.3 Å². The van der Waals surface area contributed by atoms with E-state index in [1.807, 2.05) is 0 Å². The third-order valence-corrected chi connectivity index (χ3v) is 5.13. The van der Waals surface area contributed by atoms with Crippen molar-refractivity contribution in [3.63, 3.8) is 0 Å². The Balaban J connectivity index is 3.87. The Labute approximate surface area is 150 Å². The third kappa shape index (κ3) is 14.8. The number of hydrogen-bond donors (Lipinski definition) is 2. The minimum atomic E-state index is -2.90. The molecule has 0 aliphatic heterocycles. The standard InChI is InChI=1S/C18H39N3O2S/c1-6-7-8-9-10-11-12-14-20-17(19-4)21-16-18(2,3)13-15-24(5,22)23/h6-16H2,1-5H3,(H2,19,20,21). The fourth-order valence-corrected chi connectivity index (χ4v) is 3.31. The van der Waals surface area contributed by atoms with Crippen LogP contribution in [0.4, 0.5) is 0 Å². The largest absolute Gasteiger partial charge is 0.356 e. The van der Waals surface area contributed by atoms with Crippen molar-refractivity contribution in [2.24, 2.45) is 10.4 Å². The molecule has 0 atom stereocenters. The van der Waals surface area contributed by atoms with Gasteiger partial charge in [0.2, 0.25) is 0 Å². The van der Waals surface area contributed by atoms with Crippen LogP contribution in [-0.4, -0.2) is 46.5 Å². The van der Waals surface area contributed by atoms with Crippen LogP contribution < -0.4 is 10.6 Å². The van der Waals surface area contributed by atoms with Crippen LogP contribution in [0, 0.1) is 5.41 Å². The molecule has 24 heavy (non-hydrogen) atoms. The quantitative estimate of drug-likeness (QED) is 0.300. The van der Waals surface area contributed by atoms with Crippen molar-refractivity contribution in [3.05, 3.63) is 0 Å². The van der Waals surface area contributed by atoms with Crippen molar-refractivity contribution in [2.45, 2.75) is 72.1 Å². The van der Waals surface area contributed by atoms with Crippen LogP contribution in [0.1, 0.15) is 72.1 Å². The maximum atomic E-state index is 11.3. The Morgan fingerprint density at radius 3 is 2.12 bits per heavy atom. The molecular formula is C18H39N3O2S. The van der Waals surface area contributed by atoms with Crippen LogP contribution in [-0.2, 0) is 9.84 Å². The molecule has 0 aromatic rings. The van der Waals surface area contributed by atoms with Gasteiger partial charge in [-0.2, -0.15) is 0 Å². The number of rotatable bonds is 13. The van der Waals surface area contributed by atoms with Crippen molar-refractivity contribution in [3.8, 4) is 0 Å². The first kappa shape index (κ1) is 23.2. The van der Waals surface area contributed by atoms with Gasteiger partial charge in [0, 0.05) is 26.4 Å². The fourth-order valence-electron chi connectivity index (χ4n) is 2.38. The highest BCUT2D eigenvalue weighted by molar-refractivity contribution is 7.90. The smallest absolute Gasteiger partial charge is 0.190 e. The lowest BCUT2D eigenvalue weighted by atomic mass is 9.90. The second-order valence-electron chi connectivity index (χ2n) is 7.52. The lowest BCUT2D eigenvalue weighted by Crippen LogP contribution is -2.42. The van der Waals surface area contributed by atoms with E-state index >= 15 is 0 Å². The molecule has 0 fully saturated rings. The number of sulfone groups is 1. The highest BCUT2D eigenvalue weighted by atomic mass is 32.2. The van der Waals surface area contributed by atoms with Crippen LogP contribution in [0.3, 0.4) is 0 Å². The normalized spacial score (nSPS) is 13.1. The third-order valence-electron chi connectivity index (χ3n) is 4.18. The molecule has 2 N–H and O–H groups in total. The van der Waals surface area contributed by atoms with Crippen LogP contribution in [0.5, 0.6) is 0 Å². The molecular weight excluding hydrogens is 322 g/mol. The topological polar surface area (TPSA) is 70.6 Å². The minimum absolute atomic E-state index is 0.0834. The highest BCUT2D eigenvalue weighted by Crippen LogP contribution is 2.19. The van der Waals surface area contributed by atoms with E-state index in [1.54, 1.807) is 7.05 Å². The van der Waals surface area contributed by atoms with E-state index in [0.717, 1.165) is 18.9 Å². The van der Waals surface area contributed by atoms with Gasteiger partial charge in [0.25, 0.3) is 0 Å². The van der Waals surface area contributed by atoms with Crippen LogP contribution in [0.25, 0.3) is 0 Å². The molecule has 0 aromatic carbocycles. The molecule has 0 saturated carbocycles. The van der Waals surface area contributed by atoms with E-state index in [4.69, 9.17) is 0 Å². The van der Waals surface area contributed by atoms with Crippen LogP contribution in [0.15, 0.2) is 4.99 Å². The van der Waals surface area contributed by atoms with Gasteiger partial charge in [-0.1, -0.05) is 59.3 Å². The number of unbranched alkanes of at least 4 members (excludes halogenated alkanes) is 6. The summed E-state index contributed by atoms with van der Waals surface area (Å²) in [6.07, 6.45) is 11.0. The van der Waals surface area contributed by atoms with Gasteiger partial charge in [0.15, 0.2) is 5.96 Å². The maximum Gasteiger partial charge on any atom is 0.190 e. The fraction of sp³-hybridized carbons (Fsp3) is 0.944. The molecule has 0 aliphatic carbocycles. The first-order valence-electron chi connectivity index (χ1n) is 9.32. The molecule has 0 aliphatic rings. The summed E-state index contributed by atoms with van der Waals surface area (Å²) in [5.41, 5.74) is -0.0834. The predicted molar refractivity (Wildman–Crippen MR) is 105 cm³/mol. The number of guanidine groups is 1. The molecule has 0 radical (unpaired) electrons. The summed E-state index contributed by atoms with van der Waals surface area (Å²) in [6.45, 7) is 8.03. The summed E-state index contributed by atoms with van der Waals surface area (Å²) < 4.78 is 22.6. The summed E-state index contributed by atoms with van der Waals surface area (Å²) in [5, 5.41) is 6.65. The van der Waals surface area contributed by atoms with Crippen LogP contribution in [0.2, 0.25) is 0 Å². The van der Waals surface area contributed by atoms with Gasteiger partial charge in [-0.3, -0.25) is 4.99 Å². The molecule has 6 heteroatoms. The van der Waals surface area contributed by atoms with Gasteiger partial charge < -0.3 is 10.6 Å². The Morgan fingerprint density at radius 2 is 1.58 bits per heavy atom. The second-order valence-corrected chi connectivity index (χ2v) is 9.78. The number of nitrogens with one attached hydrogen (secondary N) is 2. The summed E-state index contributed by atoms with van der Waals surface area (Å²) in [6, 6.07) is 0. The van der Waals surface area contributed by atoms with Gasteiger partial charge >= 0.3 is 0 Å². The van der Waals surface area contributed by atoms with Gasteiger partial charge in [-0.25, -0.2) is 8.42 Å². The zero-order chi connectivity index (χ0) is 18.5. The Hall–Kier alpha value is -0.780. The second kappa shape index (κ2) is 12.6. The average molecular weight is 362 g/mol. The number of aliphatic imine (C=N–C) groups is 1. The van der Waals surface area contributed by atoms with E-state index in [0.29, 0.717) is 13.0 Å². The van der Waals surface area contributed by atoms with E-state index < -0.39 is 9.84 Å². The Kier molecular flexibility index (Phi) is 12.2. The molecule has 0 amide bonds. The molecule has 144 valence electrons. The van der Waals surface area contributed by atoms with Crippen molar-refractivity contribution >= 4 is 15.8 Å². The Bertz CT molecular complexity index is 445. The van der Waals surface area contributed by atoms with Gasteiger partial charge in [0.05, 0.1) is 5.75 Å². The first-order chi connectivity index (χ1) is 11.2. The molecule has 0 aromatic heterocycles. The van der Waals surface area contributed by atoms with E-state index in [1.165, 1.54) is 44.8 Å². The maximum absolute atomic E-state index is 11.3. The lowest BCUT2D eigenvalue weighted by molar-refractivity contribution is 0.348. The minimum Gasteiger partial charge on any atom is -0.356 e. The summed E-state index contributed by atoms with van der Waals surface area (Å²) in [5.74, 6) is 1.03. The molecule has 0 rings (SSSR count). The van der Waals surface area contributed by atoms with Crippen molar-refractivity contribution in [2.75, 3.05) is 32.1 Å². The summed E-state index contributed by atoms with van der Waals surface area (Å²) in [4.78, 5) is 4.23. The van der Waals surface area contributed by atoms with Crippen molar-refractivity contribution in [1.82, 2.24) is 10.6 Å². The first-order valence-corrected chi connectivity index (χ1v) is 11.4. The Morgan fingerprint density at radius 1 is 1.00 bits per heavy atom. The zero-order valence-corrected chi connectivity index (χ0v) is 17.3. The average Bonchev–Trinajstić information content (AvgIpc) is 2.50. The summed E-state index contributed by atoms with van der Waals surface area (Å²) in [7, 11) is -1.14. The molecule has 0 unspecified atom stereocenters. The monoisotopic (exact) mass is 361 g/mol. The van der Waals surface area contributed by atoms with E-state index in [9.17, 15) is 8.42 Å². The van der Waals surface area contributed by atoms with Crippen molar-refractivity contribution < 1.29 is 8.42 Å². The van der Waals surface area contributed by atoms with Crippen LogP contribution >= 0.6 is 0 Å². The predicted octanol–water partition coefficient (Wildman–Crippen LogP) is 3.36. The molecule has 0 bridgehead atoms. The SMILES string of the molecule is CCCCCCCCCNC(=NC)NCC(C)(C)CCS(C)(=O)=O. The van der Waals surface area contributed by atoms with Gasteiger partial charge in [-0.15, -0.1) is 0 Å². The lowest BCUT2D eigenvalue weighted by Gasteiger charge is -2.25.